The molecule has 1 heterocycles. The van der Waals surface area contributed by atoms with Crippen LogP contribution in [0.25, 0.3) is 0 Å². The Kier molecular flexibility index (Phi) is 12.8. The summed E-state index contributed by atoms with van der Waals surface area (Å²) in [6.07, 6.45) is 3.64. The Balaban J connectivity index is 0.000000371. The lowest BCUT2D eigenvalue weighted by Gasteiger charge is -2.15. The van der Waals surface area contributed by atoms with Crippen LogP contribution in [0.4, 0.5) is 0 Å². The molecule has 132 valence electrons. The second-order valence-corrected chi connectivity index (χ2v) is 4.26. The fourth-order valence-electron chi connectivity index (χ4n) is 1.19. The van der Waals surface area contributed by atoms with Crippen molar-refractivity contribution in [3.05, 3.63) is 60.7 Å². The van der Waals surface area contributed by atoms with Gasteiger partial charge in [-0.05, 0) is 18.6 Å². The maximum absolute atomic E-state index is 9.45. The molecule has 0 bridgehead atoms. The highest BCUT2D eigenvalue weighted by atomic mass is 16.9. The number of carboxylic acid groups (broad SMARTS) is 1. The van der Waals surface area contributed by atoms with Crippen molar-refractivity contribution in [2.45, 2.75) is 19.6 Å². The molecule has 0 spiro atoms. The summed E-state index contributed by atoms with van der Waals surface area (Å²) in [4.78, 5) is 26.6. The lowest BCUT2D eigenvalue weighted by molar-refractivity contribution is -0.349. The number of hydroxylamine groups is 2. The van der Waals surface area contributed by atoms with Crippen LogP contribution < -0.4 is 0 Å². The molecule has 2 rings (SSSR count). The zero-order valence-electron chi connectivity index (χ0n) is 13.9. The lowest BCUT2D eigenvalue weighted by atomic mass is 10.2. The van der Waals surface area contributed by atoms with Crippen molar-refractivity contribution in [1.82, 2.24) is 15.2 Å². The molecule has 2 aromatic rings. The number of aromatic nitrogens is 2. The van der Waals surface area contributed by atoms with Gasteiger partial charge in [-0.1, -0.05) is 35.6 Å². The molecule has 8 nitrogen and oxygen atoms in total. The van der Waals surface area contributed by atoms with Crippen LogP contribution in [-0.2, 0) is 21.0 Å². The molecule has 1 atom stereocenters. The van der Waals surface area contributed by atoms with E-state index in [1.165, 1.54) is 18.5 Å². The van der Waals surface area contributed by atoms with E-state index in [1.807, 2.05) is 30.3 Å². The highest BCUT2D eigenvalue weighted by molar-refractivity contribution is 5.71. The van der Waals surface area contributed by atoms with E-state index in [-0.39, 0.29) is 0 Å². The molecule has 0 aliphatic carbocycles. The molecule has 1 aromatic heterocycles. The number of nitrogens with zero attached hydrogens (tertiary/aromatic N) is 3. The van der Waals surface area contributed by atoms with Crippen LogP contribution in [0.5, 0.6) is 0 Å². The van der Waals surface area contributed by atoms with Crippen LogP contribution in [0.2, 0.25) is 0 Å². The molecule has 0 aliphatic rings. The van der Waals surface area contributed by atoms with Gasteiger partial charge in [-0.15, -0.1) is 0 Å². The Labute approximate surface area is 141 Å². The Morgan fingerprint density at radius 2 is 1.62 bits per heavy atom. The topological polar surface area (TPSA) is 105 Å². The molecule has 0 saturated carbocycles. The molecular formula is C16H23N3O5. The van der Waals surface area contributed by atoms with Gasteiger partial charge in [-0.25, -0.2) is 14.8 Å². The SMILES string of the molecule is CC(O)C(=O)O.CON(Cc1ccccc1)OC.c1cncnc1. The van der Waals surface area contributed by atoms with E-state index in [4.69, 9.17) is 19.9 Å². The fraction of sp³-hybridized carbons (Fsp3) is 0.312. The minimum atomic E-state index is -1.23. The molecule has 0 saturated heterocycles. The first-order valence-electron chi connectivity index (χ1n) is 7.01. The van der Waals surface area contributed by atoms with Crippen LogP contribution in [-0.4, -0.2) is 51.7 Å². The van der Waals surface area contributed by atoms with Crippen molar-refractivity contribution in [3.63, 3.8) is 0 Å². The summed E-state index contributed by atoms with van der Waals surface area (Å²) >= 11 is 0. The van der Waals surface area contributed by atoms with Crippen LogP contribution in [0.3, 0.4) is 0 Å². The summed E-state index contributed by atoms with van der Waals surface area (Å²) in [5.41, 5.74) is 1.15. The lowest BCUT2D eigenvalue weighted by Crippen LogP contribution is -2.20. The second-order valence-electron chi connectivity index (χ2n) is 4.26. The van der Waals surface area contributed by atoms with Gasteiger partial charge in [0, 0.05) is 12.4 Å². The number of rotatable bonds is 5. The Morgan fingerprint density at radius 3 is 1.92 bits per heavy atom. The van der Waals surface area contributed by atoms with Crippen LogP contribution in [0.1, 0.15) is 12.5 Å². The summed E-state index contributed by atoms with van der Waals surface area (Å²) in [6.45, 7) is 1.83. The standard InChI is InChI=1S/C9H13NO2.C4H4N2.C3H6O3/c1-11-10(12-2)8-9-6-4-3-5-7-9;1-2-5-4-6-3-1;1-2(4)3(5)6/h3-7H,8H2,1-2H3;1-4H;2,4H,1H3,(H,5,6). The van der Waals surface area contributed by atoms with Crippen LogP contribution >= 0.6 is 0 Å². The van der Waals surface area contributed by atoms with Gasteiger partial charge in [0.2, 0.25) is 0 Å². The number of aliphatic hydroxyl groups excluding tert-OH is 1. The van der Waals surface area contributed by atoms with Crippen molar-refractivity contribution >= 4 is 5.97 Å². The highest BCUT2D eigenvalue weighted by Gasteiger charge is 2.01. The summed E-state index contributed by atoms with van der Waals surface area (Å²) in [5.74, 6) is -1.19. The first kappa shape index (κ1) is 21.6. The number of aliphatic hydroxyl groups is 1. The highest BCUT2D eigenvalue weighted by Crippen LogP contribution is 2.03. The van der Waals surface area contributed by atoms with Gasteiger partial charge in [0.25, 0.3) is 0 Å². The molecule has 24 heavy (non-hydrogen) atoms. The third-order valence-corrected chi connectivity index (χ3v) is 2.40. The van der Waals surface area contributed by atoms with Gasteiger partial charge in [0.15, 0.2) is 0 Å². The van der Waals surface area contributed by atoms with Crippen molar-refractivity contribution in [1.29, 1.82) is 0 Å². The van der Waals surface area contributed by atoms with E-state index >= 15 is 0 Å². The number of aliphatic carboxylic acids is 1. The minimum absolute atomic E-state index is 0.633. The van der Waals surface area contributed by atoms with Gasteiger partial charge in [0.1, 0.15) is 12.4 Å². The van der Waals surface area contributed by atoms with E-state index in [0.717, 1.165) is 5.56 Å². The molecule has 8 heteroatoms. The Morgan fingerprint density at radius 1 is 1.12 bits per heavy atom. The second kappa shape index (κ2) is 14.2. The van der Waals surface area contributed by atoms with Crippen LogP contribution in [0.15, 0.2) is 55.1 Å². The number of hydrogen-bond donors (Lipinski definition) is 2. The molecule has 1 aromatic carbocycles. The van der Waals surface area contributed by atoms with E-state index < -0.39 is 12.1 Å². The van der Waals surface area contributed by atoms with Crippen LogP contribution in [0, 0.1) is 0 Å². The number of carbonyl (C=O) groups is 1. The Hall–Kier alpha value is -2.39. The monoisotopic (exact) mass is 337 g/mol. The summed E-state index contributed by atoms with van der Waals surface area (Å²) in [6, 6.07) is 11.8. The van der Waals surface area contributed by atoms with Crippen molar-refractivity contribution < 1.29 is 24.7 Å². The summed E-state index contributed by atoms with van der Waals surface area (Å²) in [5, 5.41) is 17.2. The maximum atomic E-state index is 9.45. The average molecular weight is 337 g/mol. The zero-order chi connectivity index (χ0) is 18.2. The van der Waals surface area contributed by atoms with Crippen molar-refractivity contribution in [2.75, 3.05) is 14.2 Å². The normalized spacial score (nSPS) is 10.7. The Bertz CT molecular complexity index is 495. The summed E-state index contributed by atoms with van der Waals surface area (Å²) < 4.78 is 0. The van der Waals surface area contributed by atoms with E-state index in [9.17, 15) is 4.79 Å². The molecular weight excluding hydrogens is 314 g/mol. The average Bonchev–Trinajstić information content (AvgIpc) is 2.63. The number of carboxylic acids is 1. The fourth-order valence-corrected chi connectivity index (χ4v) is 1.19. The van der Waals surface area contributed by atoms with Crippen molar-refractivity contribution in [2.24, 2.45) is 0 Å². The number of hydrogen-bond acceptors (Lipinski definition) is 7. The third-order valence-electron chi connectivity index (χ3n) is 2.40. The third kappa shape index (κ3) is 12.2. The van der Waals surface area contributed by atoms with Gasteiger partial charge >= 0.3 is 5.97 Å². The molecule has 0 amide bonds. The largest absolute Gasteiger partial charge is 0.479 e. The van der Waals surface area contributed by atoms with Gasteiger partial charge in [-0.3, -0.25) is 9.68 Å². The zero-order valence-corrected chi connectivity index (χ0v) is 13.9. The molecule has 0 fully saturated rings. The smallest absolute Gasteiger partial charge is 0.332 e. The molecule has 0 radical (unpaired) electrons. The van der Waals surface area contributed by atoms with Gasteiger partial charge in [0.05, 0.1) is 20.8 Å². The predicted molar refractivity (Wildman–Crippen MR) is 87.4 cm³/mol. The number of benzene rings is 1. The van der Waals surface area contributed by atoms with Gasteiger partial charge < -0.3 is 10.2 Å². The van der Waals surface area contributed by atoms with E-state index in [0.29, 0.717) is 6.54 Å². The first-order chi connectivity index (χ1) is 11.5. The minimum Gasteiger partial charge on any atom is -0.479 e. The molecule has 2 N–H and O–H groups in total. The summed E-state index contributed by atoms with van der Waals surface area (Å²) in [7, 11) is 3.15. The van der Waals surface area contributed by atoms with E-state index in [2.05, 4.69) is 9.97 Å². The first-order valence-corrected chi connectivity index (χ1v) is 7.01. The molecule has 0 aliphatic heterocycles. The maximum Gasteiger partial charge on any atom is 0.332 e. The van der Waals surface area contributed by atoms with Gasteiger partial charge in [-0.2, -0.15) is 0 Å². The predicted octanol–water partition coefficient (Wildman–Crippen LogP) is 1.54. The quantitative estimate of drug-likeness (QED) is 0.792. The molecule has 1 unspecified atom stereocenters. The van der Waals surface area contributed by atoms with E-state index in [1.54, 1.807) is 32.7 Å². The van der Waals surface area contributed by atoms with Crippen molar-refractivity contribution in [3.8, 4) is 0 Å².